The number of aromatic nitrogens is 1. The summed E-state index contributed by atoms with van der Waals surface area (Å²) in [5.74, 6) is 1.97. The highest BCUT2D eigenvalue weighted by molar-refractivity contribution is 5.93. The molecule has 3 aromatic rings. The van der Waals surface area contributed by atoms with Gasteiger partial charge in [-0.2, -0.15) is 0 Å². The van der Waals surface area contributed by atoms with Gasteiger partial charge in [0, 0.05) is 18.2 Å². The second-order valence-corrected chi connectivity index (χ2v) is 8.23. The van der Waals surface area contributed by atoms with Gasteiger partial charge in [0.25, 0.3) is 5.91 Å². The Bertz CT molecular complexity index is 1070. The highest BCUT2D eigenvalue weighted by Gasteiger charge is 2.25. The zero-order valence-corrected chi connectivity index (χ0v) is 19.5. The Hall–Kier alpha value is -3.32. The maximum Gasteiger partial charge on any atom is 0.273 e. The van der Waals surface area contributed by atoms with E-state index in [1.807, 2.05) is 44.2 Å². The number of rotatable bonds is 9. The Morgan fingerprint density at radius 1 is 1.15 bits per heavy atom. The number of carbonyl (C=O) groups excluding carboxylic acids is 1. The molecule has 2 heterocycles. The van der Waals surface area contributed by atoms with Crippen LogP contribution in [0.2, 0.25) is 0 Å². The number of amides is 1. The molecule has 4 rings (SSSR count). The van der Waals surface area contributed by atoms with Crippen LogP contribution in [0.4, 0.5) is 0 Å². The van der Waals surface area contributed by atoms with Gasteiger partial charge in [0.15, 0.2) is 11.5 Å². The van der Waals surface area contributed by atoms with Crippen molar-refractivity contribution >= 4 is 5.91 Å². The fraction of sp³-hybridized carbons (Fsp3) is 0.385. The summed E-state index contributed by atoms with van der Waals surface area (Å²) < 4.78 is 16.3. The second kappa shape index (κ2) is 10.5. The molecule has 0 saturated carbocycles. The molecule has 1 aliphatic heterocycles. The number of likely N-dealkylation sites (tertiary alicyclic amines) is 1. The Morgan fingerprint density at radius 3 is 2.58 bits per heavy atom. The molecule has 0 bridgehead atoms. The molecule has 174 valence electrons. The molecule has 1 amide bonds. The van der Waals surface area contributed by atoms with Gasteiger partial charge in [-0.05, 0) is 81.2 Å². The van der Waals surface area contributed by atoms with E-state index >= 15 is 0 Å². The van der Waals surface area contributed by atoms with Crippen molar-refractivity contribution in [1.82, 2.24) is 15.4 Å². The van der Waals surface area contributed by atoms with Crippen LogP contribution in [0, 0.1) is 6.92 Å². The summed E-state index contributed by atoms with van der Waals surface area (Å²) in [6.45, 7) is 7.10. The monoisotopic (exact) mass is 449 g/mol. The number of nitrogens with one attached hydrogen (secondary N) is 1. The first-order valence-electron chi connectivity index (χ1n) is 11.5. The minimum absolute atomic E-state index is 0.0995. The third-order valence-corrected chi connectivity index (χ3v) is 6.04. The van der Waals surface area contributed by atoms with Crippen LogP contribution in [0.25, 0.3) is 11.3 Å². The first-order valence-corrected chi connectivity index (χ1v) is 11.5. The van der Waals surface area contributed by atoms with Crippen molar-refractivity contribution in [3.05, 3.63) is 65.4 Å². The minimum Gasteiger partial charge on any atom is -0.497 e. The van der Waals surface area contributed by atoms with E-state index in [1.54, 1.807) is 13.2 Å². The molecule has 2 aromatic carbocycles. The normalized spacial score (nSPS) is 14.8. The SMILES string of the molecule is CCOc1ccc(-c2cc(C(=O)NC[C@H](c3ccc(OC)cc3)N3CCCC3)no2)cc1C. The number of carbonyl (C=O) groups is 1. The Balaban J connectivity index is 1.44. The van der Waals surface area contributed by atoms with Gasteiger partial charge >= 0.3 is 0 Å². The van der Waals surface area contributed by atoms with Gasteiger partial charge in [-0.25, -0.2) is 0 Å². The van der Waals surface area contributed by atoms with Crippen LogP contribution in [0.5, 0.6) is 11.5 Å². The van der Waals surface area contributed by atoms with Crippen LogP contribution in [-0.2, 0) is 0 Å². The van der Waals surface area contributed by atoms with Crippen LogP contribution in [0.1, 0.15) is 47.4 Å². The number of aryl methyl sites for hydroxylation is 1. The largest absolute Gasteiger partial charge is 0.497 e. The van der Waals surface area contributed by atoms with Crippen molar-refractivity contribution in [2.75, 3.05) is 33.4 Å². The number of benzene rings is 2. The van der Waals surface area contributed by atoms with E-state index in [1.165, 1.54) is 12.8 Å². The number of hydrogen-bond donors (Lipinski definition) is 1. The van der Waals surface area contributed by atoms with Gasteiger partial charge < -0.3 is 19.3 Å². The zero-order chi connectivity index (χ0) is 23.2. The molecule has 0 spiro atoms. The highest BCUT2D eigenvalue weighted by Crippen LogP contribution is 2.28. The molecule has 0 aliphatic carbocycles. The third-order valence-electron chi connectivity index (χ3n) is 6.04. The second-order valence-electron chi connectivity index (χ2n) is 8.23. The van der Waals surface area contributed by atoms with E-state index in [0.717, 1.165) is 41.3 Å². The first-order chi connectivity index (χ1) is 16.1. The van der Waals surface area contributed by atoms with Gasteiger partial charge in [0.05, 0.1) is 19.8 Å². The van der Waals surface area contributed by atoms with Crippen molar-refractivity contribution in [3.8, 4) is 22.8 Å². The third kappa shape index (κ3) is 5.37. The van der Waals surface area contributed by atoms with Crippen molar-refractivity contribution in [3.63, 3.8) is 0 Å². The smallest absolute Gasteiger partial charge is 0.273 e. The Morgan fingerprint density at radius 2 is 1.91 bits per heavy atom. The maximum atomic E-state index is 12.9. The topological polar surface area (TPSA) is 76.8 Å². The molecule has 7 heteroatoms. The average Bonchev–Trinajstić information content (AvgIpc) is 3.54. The van der Waals surface area contributed by atoms with Crippen LogP contribution in [-0.4, -0.2) is 49.3 Å². The number of hydrogen-bond acceptors (Lipinski definition) is 6. The number of ether oxygens (including phenoxy) is 2. The van der Waals surface area contributed by atoms with Crippen LogP contribution < -0.4 is 14.8 Å². The average molecular weight is 450 g/mol. The molecule has 1 fully saturated rings. The lowest BCUT2D eigenvalue weighted by Gasteiger charge is -2.28. The van der Waals surface area contributed by atoms with E-state index in [2.05, 4.69) is 27.5 Å². The fourth-order valence-corrected chi connectivity index (χ4v) is 4.26. The van der Waals surface area contributed by atoms with Crippen LogP contribution in [0.3, 0.4) is 0 Å². The van der Waals surface area contributed by atoms with E-state index in [-0.39, 0.29) is 17.6 Å². The summed E-state index contributed by atoms with van der Waals surface area (Å²) in [4.78, 5) is 15.3. The lowest BCUT2D eigenvalue weighted by Crippen LogP contribution is -2.36. The highest BCUT2D eigenvalue weighted by atomic mass is 16.5. The Kier molecular flexibility index (Phi) is 7.29. The van der Waals surface area contributed by atoms with E-state index < -0.39 is 0 Å². The molecule has 0 radical (unpaired) electrons. The lowest BCUT2D eigenvalue weighted by atomic mass is 10.0. The maximum absolute atomic E-state index is 12.9. The predicted octanol–water partition coefficient (Wildman–Crippen LogP) is 4.62. The van der Waals surface area contributed by atoms with Gasteiger partial charge in [0.1, 0.15) is 11.5 Å². The summed E-state index contributed by atoms with van der Waals surface area (Å²) >= 11 is 0. The quantitative estimate of drug-likeness (QED) is 0.514. The molecule has 1 aliphatic rings. The summed E-state index contributed by atoms with van der Waals surface area (Å²) in [5.41, 5.74) is 3.29. The van der Waals surface area contributed by atoms with Gasteiger partial charge in [-0.1, -0.05) is 17.3 Å². The van der Waals surface area contributed by atoms with E-state index in [0.29, 0.717) is 18.9 Å². The van der Waals surface area contributed by atoms with Gasteiger partial charge in [0.2, 0.25) is 0 Å². The standard InChI is InChI=1S/C26H31N3O4/c1-4-32-24-12-9-20(15-18(24)2)25-16-22(28-33-25)26(30)27-17-23(29-13-5-6-14-29)19-7-10-21(31-3)11-8-19/h7-12,15-16,23H,4-6,13-14,17H2,1-3H3,(H,27,30)/t23-/m1/s1. The molecule has 1 saturated heterocycles. The molecular formula is C26H31N3O4. The minimum atomic E-state index is -0.245. The Labute approximate surface area is 194 Å². The molecule has 33 heavy (non-hydrogen) atoms. The summed E-state index contributed by atoms with van der Waals surface area (Å²) in [5, 5.41) is 7.05. The first kappa shape index (κ1) is 22.9. The van der Waals surface area contributed by atoms with E-state index in [9.17, 15) is 4.79 Å². The summed E-state index contributed by atoms with van der Waals surface area (Å²) in [6.07, 6.45) is 2.35. The van der Waals surface area contributed by atoms with Crippen LogP contribution in [0.15, 0.2) is 53.1 Å². The van der Waals surface area contributed by atoms with Crippen LogP contribution >= 0.6 is 0 Å². The van der Waals surface area contributed by atoms with Crippen molar-refractivity contribution in [2.24, 2.45) is 0 Å². The predicted molar refractivity (Wildman–Crippen MR) is 127 cm³/mol. The van der Waals surface area contributed by atoms with Crippen molar-refractivity contribution in [1.29, 1.82) is 0 Å². The van der Waals surface area contributed by atoms with Gasteiger partial charge in [-0.3, -0.25) is 9.69 Å². The van der Waals surface area contributed by atoms with E-state index in [4.69, 9.17) is 14.0 Å². The summed E-state index contributed by atoms with van der Waals surface area (Å²) in [6, 6.07) is 15.6. The van der Waals surface area contributed by atoms with Gasteiger partial charge in [-0.15, -0.1) is 0 Å². The zero-order valence-electron chi connectivity index (χ0n) is 19.5. The van der Waals surface area contributed by atoms with Crippen molar-refractivity contribution < 1.29 is 18.8 Å². The molecule has 1 aromatic heterocycles. The fourth-order valence-electron chi connectivity index (χ4n) is 4.26. The molecule has 1 N–H and O–H groups in total. The summed E-state index contributed by atoms with van der Waals surface area (Å²) in [7, 11) is 1.66. The lowest BCUT2D eigenvalue weighted by molar-refractivity contribution is 0.0929. The number of methoxy groups -OCH3 is 1. The molecule has 1 atom stereocenters. The molecular weight excluding hydrogens is 418 g/mol. The number of nitrogens with zero attached hydrogens (tertiary/aromatic N) is 2. The van der Waals surface area contributed by atoms with Crippen molar-refractivity contribution in [2.45, 2.75) is 32.7 Å². The molecule has 7 nitrogen and oxygen atoms in total. The molecule has 0 unspecified atom stereocenters.